The van der Waals surface area contributed by atoms with Gasteiger partial charge in [0.05, 0.1) is 0 Å². The van der Waals surface area contributed by atoms with Crippen molar-refractivity contribution in [2.24, 2.45) is 23.7 Å². The van der Waals surface area contributed by atoms with Gasteiger partial charge in [0.1, 0.15) is 5.78 Å². The van der Waals surface area contributed by atoms with Crippen LogP contribution >= 0.6 is 0 Å². The highest BCUT2D eigenvalue weighted by molar-refractivity contribution is 5.98. The molecule has 0 aliphatic heterocycles. The number of Topliss-reactive ketones (excluding diaryl/α,β-unsaturated/α-hetero) is 2. The molecule has 0 aromatic heterocycles. The van der Waals surface area contributed by atoms with Gasteiger partial charge in [-0.25, -0.2) is 0 Å². The van der Waals surface area contributed by atoms with E-state index in [1.54, 1.807) is 0 Å². The summed E-state index contributed by atoms with van der Waals surface area (Å²) in [6.45, 7) is 2.08. The summed E-state index contributed by atoms with van der Waals surface area (Å²) in [4.78, 5) is 24.5. The summed E-state index contributed by atoms with van der Waals surface area (Å²) in [6.07, 6.45) is 6.02. The van der Waals surface area contributed by atoms with Crippen LogP contribution in [0.15, 0.2) is 30.3 Å². The molecule has 2 aliphatic rings. The first kappa shape index (κ1) is 14.5. The molecule has 0 radical (unpaired) electrons. The third-order valence-electron chi connectivity index (χ3n) is 5.64. The fourth-order valence-electron chi connectivity index (χ4n) is 4.38. The Morgan fingerprint density at radius 3 is 2.48 bits per heavy atom. The molecule has 21 heavy (non-hydrogen) atoms. The van der Waals surface area contributed by atoms with E-state index in [-0.39, 0.29) is 17.5 Å². The van der Waals surface area contributed by atoms with Crippen molar-refractivity contribution in [2.75, 3.05) is 0 Å². The van der Waals surface area contributed by atoms with Crippen molar-refractivity contribution < 1.29 is 9.59 Å². The van der Waals surface area contributed by atoms with Crippen molar-refractivity contribution in [2.45, 2.75) is 45.4 Å². The maximum atomic E-state index is 12.4. The Balaban J connectivity index is 1.51. The van der Waals surface area contributed by atoms with E-state index in [0.29, 0.717) is 18.8 Å². The zero-order chi connectivity index (χ0) is 14.8. The van der Waals surface area contributed by atoms with Gasteiger partial charge in [-0.1, -0.05) is 43.7 Å². The molecule has 2 aliphatic carbocycles. The lowest BCUT2D eigenvalue weighted by atomic mass is 9.77. The summed E-state index contributed by atoms with van der Waals surface area (Å²) < 4.78 is 0. The van der Waals surface area contributed by atoms with E-state index < -0.39 is 0 Å². The van der Waals surface area contributed by atoms with Gasteiger partial charge in [0, 0.05) is 24.3 Å². The van der Waals surface area contributed by atoms with Crippen molar-refractivity contribution in [1.82, 2.24) is 0 Å². The number of hydrogen-bond donors (Lipinski definition) is 0. The van der Waals surface area contributed by atoms with E-state index >= 15 is 0 Å². The molecule has 0 N–H and O–H groups in total. The zero-order valence-corrected chi connectivity index (χ0v) is 12.8. The van der Waals surface area contributed by atoms with Crippen LogP contribution in [-0.2, 0) is 4.79 Å². The molecule has 4 atom stereocenters. The van der Waals surface area contributed by atoms with E-state index in [2.05, 4.69) is 6.92 Å². The molecule has 2 saturated carbocycles. The van der Waals surface area contributed by atoms with Crippen LogP contribution in [0.25, 0.3) is 0 Å². The number of hydrogen-bond acceptors (Lipinski definition) is 2. The summed E-state index contributed by atoms with van der Waals surface area (Å²) in [5.74, 6) is 2.76. The minimum Gasteiger partial charge on any atom is -0.299 e. The number of fused-ring (bicyclic) bond motifs is 2. The number of benzene rings is 1. The SMILES string of the molecule is CC(C(=O)CCC(=O)c1ccccc1)C1CC2CCC1C2. The monoisotopic (exact) mass is 284 g/mol. The van der Waals surface area contributed by atoms with Gasteiger partial charge >= 0.3 is 0 Å². The smallest absolute Gasteiger partial charge is 0.163 e. The highest BCUT2D eigenvalue weighted by atomic mass is 16.1. The van der Waals surface area contributed by atoms with Gasteiger partial charge in [-0.05, 0) is 37.0 Å². The number of carbonyl (C=O) groups is 2. The van der Waals surface area contributed by atoms with Gasteiger partial charge in [0.15, 0.2) is 5.78 Å². The second-order valence-electron chi connectivity index (χ2n) is 6.88. The first-order valence-electron chi connectivity index (χ1n) is 8.26. The maximum Gasteiger partial charge on any atom is 0.163 e. The minimum absolute atomic E-state index is 0.0871. The van der Waals surface area contributed by atoms with Gasteiger partial charge in [-0.15, -0.1) is 0 Å². The molecule has 4 unspecified atom stereocenters. The molecular formula is C19H24O2. The maximum absolute atomic E-state index is 12.4. The van der Waals surface area contributed by atoms with Crippen LogP contribution in [0.1, 0.15) is 55.8 Å². The second kappa shape index (κ2) is 6.13. The van der Waals surface area contributed by atoms with Crippen LogP contribution in [0.3, 0.4) is 0 Å². The van der Waals surface area contributed by atoms with Crippen LogP contribution in [0.5, 0.6) is 0 Å². The molecule has 112 valence electrons. The largest absolute Gasteiger partial charge is 0.299 e. The average Bonchev–Trinajstić information content (AvgIpc) is 3.15. The van der Waals surface area contributed by atoms with Gasteiger partial charge in [-0.3, -0.25) is 9.59 Å². The third kappa shape index (κ3) is 3.09. The normalized spacial score (nSPS) is 28.5. The predicted molar refractivity (Wildman–Crippen MR) is 83.1 cm³/mol. The van der Waals surface area contributed by atoms with Gasteiger partial charge in [-0.2, -0.15) is 0 Å². The van der Waals surface area contributed by atoms with Crippen molar-refractivity contribution in [1.29, 1.82) is 0 Å². The van der Waals surface area contributed by atoms with Crippen LogP contribution in [0, 0.1) is 23.7 Å². The second-order valence-corrected chi connectivity index (χ2v) is 6.88. The van der Waals surface area contributed by atoms with Gasteiger partial charge in [0.2, 0.25) is 0 Å². The zero-order valence-electron chi connectivity index (χ0n) is 12.8. The lowest BCUT2D eigenvalue weighted by molar-refractivity contribution is -0.124. The van der Waals surface area contributed by atoms with E-state index in [4.69, 9.17) is 0 Å². The summed E-state index contributed by atoms with van der Waals surface area (Å²) in [7, 11) is 0. The topological polar surface area (TPSA) is 34.1 Å². The standard InChI is InChI=1S/C19H24O2/c1-13(17-12-14-7-8-16(17)11-14)18(20)9-10-19(21)15-5-3-2-4-6-15/h2-6,13-14,16-17H,7-12H2,1H3. The van der Waals surface area contributed by atoms with Crippen molar-refractivity contribution in [3.8, 4) is 0 Å². The van der Waals surface area contributed by atoms with Crippen molar-refractivity contribution >= 4 is 11.6 Å². The molecule has 3 rings (SSSR count). The first-order valence-corrected chi connectivity index (χ1v) is 8.26. The molecule has 0 amide bonds. The van der Waals surface area contributed by atoms with Crippen LogP contribution in [0.4, 0.5) is 0 Å². The summed E-state index contributed by atoms with van der Waals surface area (Å²) in [5.41, 5.74) is 0.720. The van der Waals surface area contributed by atoms with Gasteiger partial charge < -0.3 is 0 Å². The quantitative estimate of drug-likeness (QED) is 0.730. The number of rotatable bonds is 6. The molecular weight excluding hydrogens is 260 g/mol. The molecule has 1 aromatic rings. The summed E-state index contributed by atoms with van der Waals surface area (Å²) >= 11 is 0. The first-order chi connectivity index (χ1) is 10.1. The number of ketones is 2. The Morgan fingerprint density at radius 2 is 1.86 bits per heavy atom. The molecule has 0 spiro atoms. The Bertz CT molecular complexity index is 520. The Hall–Kier alpha value is -1.44. The van der Waals surface area contributed by atoms with E-state index in [0.717, 1.165) is 17.4 Å². The molecule has 0 heterocycles. The van der Waals surface area contributed by atoms with Crippen LogP contribution < -0.4 is 0 Å². The lowest BCUT2D eigenvalue weighted by Gasteiger charge is -2.26. The average molecular weight is 284 g/mol. The predicted octanol–water partition coefficient (Wildman–Crippen LogP) is 4.29. The Kier molecular flexibility index (Phi) is 4.23. The molecule has 2 fully saturated rings. The highest BCUT2D eigenvalue weighted by Crippen LogP contribution is 2.51. The molecule has 2 nitrogen and oxygen atoms in total. The fraction of sp³-hybridized carbons (Fsp3) is 0.579. The van der Waals surface area contributed by atoms with Crippen LogP contribution in [-0.4, -0.2) is 11.6 Å². The van der Waals surface area contributed by atoms with Crippen molar-refractivity contribution in [3.63, 3.8) is 0 Å². The van der Waals surface area contributed by atoms with Gasteiger partial charge in [0.25, 0.3) is 0 Å². The lowest BCUT2D eigenvalue weighted by Crippen LogP contribution is -2.25. The molecule has 0 saturated heterocycles. The highest BCUT2D eigenvalue weighted by Gasteiger charge is 2.43. The molecule has 2 bridgehead atoms. The van der Waals surface area contributed by atoms with E-state index in [9.17, 15) is 9.59 Å². The number of carbonyl (C=O) groups excluding carboxylic acids is 2. The minimum atomic E-state index is 0.0871. The Morgan fingerprint density at radius 1 is 1.10 bits per heavy atom. The van der Waals surface area contributed by atoms with Crippen LogP contribution in [0.2, 0.25) is 0 Å². The molecule has 2 heteroatoms. The van der Waals surface area contributed by atoms with Crippen molar-refractivity contribution in [3.05, 3.63) is 35.9 Å². The fourth-order valence-corrected chi connectivity index (χ4v) is 4.38. The van der Waals surface area contributed by atoms with E-state index in [1.807, 2.05) is 30.3 Å². The molecule has 1 aromatic carbocycles. The summed E-state index contributed by atoms with van der Waals surface area (Å²) in [6, 6.07) is 9.29. The summed E-state index contributed by atoms with van der Waals surface area (Å²) in [5, 5.41) is 0. The Labute approximate surface area is 126 Å². The van der Waals surface area contributed by atoms with E-state index in [1.165, 1.54) is 25.7 Å². The third-order valence-corrected chi connectivity index (χ3v) is 5.64.